The summed E-state index contributed by atoms with van der Waals surface area (Å²) in [6.07, 6.45) is 1.22. The van der Waals surface area contributed by atoms with Gasteiger partial charge in [-0.05, 0) is 25.7 Å². The molecule has 0 bridgehead atoms. The second-order valence-electron chi connectivity index (χ2n) is 6.61. The zero-order valence-corrected chi connectivity index (χ0v) is 14.1. The quantitative estimate of drug-likeness (QED) is 0.920. The van der Waals surface area contributed by atoms with Crippen molar-refractivity contribution < 1.29 is 4.79 Å². The van der Waals surface area contributed by atoms with Gasteiger partial charge in [-0.2, -0.15) is 0 Å². The average molecular weight is 311 g/mol. The first-order valence-corrected chi connectivity index (χ1v) is 8.24. The Labute approximate surface area is 129 Å². The van der Waals surface area contributed by atoms with E-state index in [-0.39, 0.29) is 22.2 Å². The van der Waals surface area contributed by atoms with Crippen LogP contribution >= 0.6 is 11.3 Å². The highest BCUT2D eigenvalue weighted by Gasteiger charge is 2.35. The Morgan fingerprint density at radius 2 is 2.10 bits per heavy atom. The molecule has 0 aromatic carbocycles. The molecule has 2 heterocycles. The largest absolute Gasteiger partial charge is 0.342 e. The van der Waals surface area contributed by atoms with Crippen LogP contribution < -0.4 is 10.6 Å². The highest BCUT2D eigenvalue weighted by molar-refractivity contribution is 7.09. The van der Waals surface area contributed by atoms with E-state index < -0.39 is 0 Å². The summed E-state index contributed by atoms with van der Waals surface area (Å²) in [6.45, 7) is 9.97. The smallest absolute Gasteiger partial charge is 0.307 e. The van der Waals surface area contributed by atoms with Crippen LogP contribution in [0.4, 0.5) is 0 Å². The second-order valence-corrected chi connectivity index (χ2v) is 7.78. The Morgan fingerprint density at radius 3 is 2.62 bits per heavy atom. The number of carbonyl (C=O) groups is 1. The van der Waals surface area contributed by atoms with Crippen LogP contribution in [-0.2, 0) is 11.3 Å². The van der Waals surface area contributed by atoms with Crippen LogP contribution in [0.15, 0.2) is 4.79 Å². The molecule has 5 nitrogen and oxygen atoms in total. The standard InChI is InChI=1S/C15H25N3O2S/c1-10-11(2)21-14(20)18(10)8-6-13(19)17-7-5-12(16)15(3,4)9-17/h12H,5-9,16H2,1-4H3. The predicted octanol–water partition coefficient (Wildman–Crippen LogP) is 1.50. The Hall–Kier alpha value is -1.14. The Bertz CT molecular complexity index is 588. The molecule has 1 amide bonds. The van der Waals surface area contributed by atoms with Crippen molar-refractivity contribution in [1.29, 1.82) is 0 Å². The minimum absolute atomic E-state index is 0.0267. The lowest BCUT2D eigenvalue weighted by atomic mass is 9.79. The number of aryl methyl sites for hydroxylation is 1. The fourth-order valence-corrected chi connectivity index (χ4v) is 3.66. The number of hydrogen-bond acceptors (Lipinski definition) is 4. The monoisotopic (exact) mass is 311 g/mol. The highest BCUT2D eigenvalue weighted by atomic mass is 32.1. The number of rotatable bonds is 3. The lowest BCUT2D eigenvalue weighted by Crippen LogP contribution is -2.54. The molecule has 1 unspecified atom stereocenters. The average Bonchev–Trinajstić information content (AvgIpc) is 2.64. The van der Waals surface area contributed by atoms with Gasteiger partial charge in [-0.1, -0.05) is 25.2 Å². The van der Waals surface area contributed by atoms with Crippen LogP contribution in [0.25, 0.3) is 0 Å². The first-order chi connectivity index (χ1) is 9.72. The minimum atomic E-state index is -0.0420. The van der Waals surface area contributed by atoms with Crippen LogP contribution in [0.1, 0.15) is 37.3 Å². The first-order valence-electron chi connectivity index (χ1n) is 7.42. The second kappa shape index (κ2) is 5.93. The van der Waals surface area contributed by atoms with Crippen molar-refractivity contribution in [2.45, 2.75) is 53.1 Å². The van der Waals surface area contributed by atoms with E-state index in [2.05, 4.69) is 13.8 Å². The number of likely N-dealkylation sites (tertiary alicyclic amines) is 1. The van der Waals surface area contributed by atoms with E-state index in [9.17, 15) is 9.59 Å². The van der Waals surface area contributed by atoms with Gasteiger partial charge in [-0.25, -0.2) is 0 Å². The fraction of sp³-hybridized carbons (Fsp3) is 0.733. The van der Waals surface area contributed by atoms with Gasteiger partial charge in [-0.3, -0.25) is 9.59 Å². The number of aromatic nitrogens is 1. The normalized spacial score (nSPS) is 21.6. The maximum atomic E-state index is 12.4. The lowest BCUT2D eigenvalue weighted by molar-refractivity contribution is -0.134. The van der Waals surface area contributed by atoms with Gasteiger partial charge < -0.3 is 15.2 Å². The van der Waals surface area contributed by atoms with E-state index in [1.54, 1.807) is 4.57 Å². The Balaban J connectivity index is 1.98. The van der Waals surface area contributed by atoms with Crippen molar-refractivity contribution in [2.24, 2.45) is 11.1 Å². The minimum Gasteiger partial charge on any atom is -0.342 e. The van der Waals surface area contributed by atoms with E-state index >= 15 is 0 Å². The molecule has 21 heavy (non-hydrogen) atoms. The number of thiazole rings is 1. The van der Waals surface area contributed by atoms with Gasteiger partial charge in [0.2, 0.25) is 5.91 Å². The number of carbonyl (C=O) groups excluding carboxylic acids is 1. The molecule has 1 aliphatic rings. The van der Waals surface area contributed by atoms with Crippen molar-refractivity contribution in [3.8, 4) is 0 Å². The van der Waals surface area contributed by atoms with Gasteiger partial charge in [0, 0.05) is 42.7 Å². The number of amides is 1. The zero-order valence-electron chi connectivity index (χ0n) is 13.3. The molecule has 1 aliphatic heterocycles. The summed E-state index contributed by atoms with van der Waals surface area (Å²) in [5.41, 5.74) is 7.03. The Morgan fingerprint density at radius 1 is 1.43 bits per heavy atom. The third-order valence-electron chi connectivity index (χ3n) is 4.59. The Kier molecular flexibility index (Phi) is 4.58. The van der Waals surface area contributed by atoms with Crippen molar-refractivity contribution in [1.82, 2.24) is 9.47 Å². The van der Waals surface area contributed by atoms with E-state index in [1.165, 1.54) is 11.3 Å². The molecule has 2 rings (SSSR count). The SMILES string of the molecule is Cc1sc(=O)n(CCC(=O)N2CCC(N)C(C)(C)C2)c1C. The van der Waals surface area contributed by atoms with Crippen LogP contribution in [0, 0.1) is 19.3 Å². The summed E-state index contributed by atoms with van der Waals surface area (Å²) >= 11 is 1.25. The van der Waals surface area contributed by atoms with Crippen LogP contribution in [0.5, 0.6) is 0 Å². The summed E-state index contributed by atoms with van der Waals surface area (Å²) in [5, 5.41) is 0. The van der Waals surface area contributed by atoms with Gasteiger partial charge in [-0.15, -0.1) is 0 Å². The van der Waals surface area contributed by atoms with Gasteiger partial charge in [0.25, 0.3) is 0 Å². The number of piperidine rings is 1. The van der Waals surface area contributed by atoms with E-state index in [4.69, 9.17) is 5.73 Å². The van der Waals surface area contributed by atoms with Gasteiger partial charge in [0.05, 0.1) is 0 Å². The molecule has 1 saturated heterocycles. The molecular formula is C15H25N3O2S. The molecule has 1 fully saturated rings. The summed E-state index contributed by atoms with van der Waals surface area (Å²) in [5.74, 6) is 0.116. The van der Waals surface area contributed by atoms with Crippen LogP contribution in [0.2, 0.25) is 0 Å². The van der Waals surface area contributed by atoms with E-state index in [0.717, 1.165) is 23.5 Å². The molecule has 0 radical (unpaired) electrons. The summed E-state index contributed by atoms with van der Waals surface area (Å²) in [7, 11) is 0. The third kappa shape index (κ3) is 3.37. The van der Waals surface area contributed by atoms with Gasteiger partial charge in [0.1, 0.15) is 0 Å². The van der Waals surface area contributed by atoms with Crippen molar-refractivity contribution >= 4 is 17.2 Å². The molecule has 0 saturated carbocycles. The van der Waals surface area contributed by atoms with E-state index in [0.29, 0.717) is 19.5 Å². The molecule has 0 spiro atoms. The van der Waals surface area contributed by atoms with Crippen LogP contribution in [0.3, 0.4) is 0 Å². The van der Waals surface area contributed by atoms with Crippen molar-refractivity contribution in [3.63, 3.8) is 0 Å². The predicted molar refractivity (Wildman–Crippen MR) is 85.6 cm³/mol. The van der Waals surface area contributed by atoms with E-state index in [1.807, 2.05) is 18.7 Å². The molecule has 2 N–H and O–H groups in total. The molecule has 1 atom stereocenters. The molecule has 1 aromatic heterocycles. The maximum absolute atomic E-state index is 12.4. The zero-order chi connectivity index (χ0) is 15.8. The third-order valence-corrected chi connectivity index (χ3v) is 5.59. The first kappa shape index (κ1) is 16.2. The molecule has 118 valence electrons. The van der Waals surface area contributed by atoms with Gasteiger partial charge in [0.15, 0.2) is 0 Å². The van der Waals surface area contributed by atoms with Gasteiger partial charge >= 0.3 is 4.87 Å². The maximum Gasteiger partial charge on any atom is 0.307 e. The summed E-state index contributed by atoms with van der Waals surface area (Å²) in [4.78, 5) is 27.1. The van der Waals surface area contributed by atoms with Crippen LogP contribution in [-0.4, -0.2) is 34.5 Å². The lowest BCUT2D eigenvalue weighted by Gasteiger charge is -2.42. The van der Waals surface area contributed by atoms with Crippen molar-refractivity contribution in [3.05, 3.63) is 20.2 Å². The number of nitrogens with zero attached hydrogens (tertiary/aromatic N) is 2. The topological polar surface area (TPSA) is 68.3 Å². The molecule has 6 heteroatoms. The fourth-order valence-electron chi connectivity index (χ4n) is 2.80. The molecular weight excluding hydrogens is 286 g/mol. The number of nitrogens with two attached hydrogens (primary N) is 1. The summed E-state index contributed by atoms with van der Waals surface area (Å²) < 4.78 is 1.71. The molecule has 0 aliphatic carbocycles. The molecule has 1 aromatic rings. The number of hydrogen-bond donors (Lipinski definition) is 1. The highest BCUT2D eigenvalue weighted by Crippen LogP contribution is 2.28. The van der Waals surface area contributed by atoms with Crippen molar-refractivity contribution in [2.75, 3.05) is 13.1 Å². The summed E-state index contributed by atoms with van der Waals surface area (Å²) in [6, 6.07) is 0.144.